The van der Waals surface area contributed by atoms with Gasteiger partial charge in [0.1, 0.15) is 0 Å². The van der Waals surface area contributed by atoms with Gasteiger partial charge in [0.05, 0.1) is 49.3 Å². The van der Waals surface area contributed by atoms with Crippen LogP contribution in [0, 0.1) is 47.3 Å². The van der Waals surface area contributed by atoms with E-state index in [0.717, 1.165) is 47.3 Å². The SMILES string of the molecule is C1CCC2C3NC(NC4NC(NC5NC(NC6NC(N3)C3CCCCC63)C3CCCCC53)C3CCCCC43)C2C1.Cl.Cl.[GeH4]. The van der Waals surface area contributed by atoms with Crippen LogP contribution in [0.15, 0.2) is 0 Å². The Morgan fingerprint density at radius 3 is 0.465 bits per heavy atom. The molecule has 0 aromatic heterocycles. The van der Waals surface area contributed by atoms with Crippen LogP contribution < -0.4 is 42.5 Å². The van der Waals surface area contributed by atoms with E-state index in [4.69, 9.17) is 0 Å². The fraction of sp³-hybridized carbons (Fsp3) is 1.00. The van der Waals surface area contributed by atoms with E-state index in [0.29, 0.717) is 49.3 Å². The summed E-state index contributed by atoms with van der Waals surface area (Å²) in [5.74, 6) is 5.97. The van der Waals surface area contributed by atoms with E-state index in [9.17, 15) is 0 Å². The van der Waals surface area contributed by atoms with Crippen LogP contribution in [0.3, 0.4) is 0 Å². The second-order valence-corrected chi connectivity index (χ2v) is 15.6. The first-order valence-corrected chi connectivity index (χ1v) is 17.9. The summed E-state index contributed by atoms with van der Waals surface area (Å²) in [4.78, 5) is 0. The van der Waals surface area contributed by atoms with E-state index in [2.05, 4.69) is 42.5 Å². The molecule has 9 aliphatic rings. The molecule has 9 fully saturated rings. The molecule has 8 atom stereocenters. The standard InChI is InChI=1S/C32H56N8.2ClH.GeH4/c1-2-10-18-17(9-1)25-33-26(18)38-28-21-13-5-6-14-22(21)30(35-28)40-32-24-16-8-7-15-23(24)31(36-32)39-29-20-12-4-3-11-19(20)27(34-29)37-25;;;/h17-40H,1-16H2;2*1H;1H4. The molecule has 248 valence electrons. The minimum atomic E-state index is 0. The van der Waals surface area contributed by atoms with Crippen LogP contribution in [0.4, 0.5) is 0 Å². The first-order chi connectivity index (χ1) is 19.8. The molecule has 9 rings (SSSR count). The van der Waals surface area contributed by atoms with Crippen molar-refractivity contribution in [2.24, 2.45) is 47.3 Å². The average Bonchev–Trinajstić information content (AvgIpc) is 3.73. The summed E-state index contributed by atoms with van der Waals surface area (Å²) in [6.07, 6.45) is 25.6. The van der Waals surface area contributed by atoms with Gasteiger partial charge in [0, 0.05) is 0 Å². The molecule has 4 aliphatic carbocycles. The van der Waals surface area contributed by atoms with Gasteiger partial charge in [-0.15, -0.1) is 24.8 Å². The van der Waals surface area contributed by atoms with Crippen LogP contribution in [0.25, 0.3) is 0 Å². The maximum atomic E-state index is 4.26. The van der Waals surface area contributed by atoms with Crippen molar-refractivity contribution >= 4 is 42.4 Å². The van der Waals surface area contributed by atoms with Crippen molar-refractivity contribution in [1.82, 2.24) is 42.5 Å². The molecule has 43 heavy (non-hydrogen) atoms. The zero-order valence-corrected chi connectivity index (χ0v) is 27.0. The zero-order valence-electron chi connectivity index (χ0n) is 25.4. The van der Waals surface area contributed by atoms with Gasteiger partial charge in [0.2, 0.25) is 0 Å². The Labute approximate surface area is 283 Å². The molecule has 11 heteroatoms. The number of halogens is 2. The van der Waals surface area contributed by atoms with Crippen LogP contribution in [0.1, 0.15) is 103 Å². The van der Waals surface area contributed by atoms with Crippen molar-refractivity contribution in [3.05, 3.63) is 0 Å². The molecule has 0 spiro atoms. The number of hydrogen-bond acceptors (Lipinski definition) is 8. The van der Waals surface area contributed by atoms with Crippen molar-refractivity contribution in [3.8, 4) is 0 Å². The third kappa shape index (κ3) is 6.02. The van der Waals surface area contributed by atoms with Crippen LogP contribution in [0.5, 0.6) is 0 Å². The fourth-order valence-electron chi connectivity index (χ4n) is 12.0. The molecular weight excluding hydrogens is 640 g/mol. The average molecular weight is 702 g/mol. The van der Waals surface area contributed by atoms with Gasteiger partial charge < -0.3 is 0 Å². The maximum absolute atomic E-state index is 4.26. The Morgan fingerprint density at radius 1 is 0.233 bits per heavy atom. The second-order valence-electron chi connectivity index (χ2n) is 15.6. The molecule has 8 bridgehead atoms. The van der Waals surface area contributed by atoms with E-state index in [1.54, 1.807) is 0 Å². The predicted molar refractivity (Wildman–Crippen MR) is 183 cm³/mol. The van der Waals surface area contributed by atoms with Gasteiger partial charge >= 0.3 is 17.6 Å². The minimum absolute atomic E-state index is 0. The molecule has 0 aromatic rings. The van der Waals surface area contributed by atoms with E-state index in [1.807, 2.05) is 0 Å². The molecule has 5 saturated heterocycles. The van der Waals surface area contributed by atoms with Crippen molar-refractivity contribution in [2.45, 2.75) is 152 Å². The summed E-state index contributed by atoms with van der Waals surface area (Å²) in [5.41, 5.74) is 0. The van der Waals surface area contributed by atoms with Gasteiger partial charge in [-0.3, -0.25) is 42.5 Å². The molecule has 8 unspecified atom stereocenters. The molecule has 0 radical (unpaired) electrons. The molecule has 4 saturated carbocycles. The molecule has 0 amide bonds. The Balaban J connectivity index is 0.00000110. The summed E-state index contributed by atoms with van der Waals surface area (Å²) in [7, 11) is 0. The van der Waals surface area contributed by atoms with Crippen molar-refractivity contribution in [2.75, 3.05) is 0 Å². The molecular formula is C32H62Cl2GeN8. The first-order valence-electron chi connectivity index (χ1n) is 17.9. The number of fused-ring (bicyclic) bond motifs is 20. The summed E-state index contributed by atoms with van der Waals surface area (Å²) < 4.78 is 0. The van der Waals surface area contributed by atoms with Crippen LogP contribution in [0.2, 0.25) is 0 Å². The van der Waals surface area contributed by atoms with Crippen LogP contribution in [-0.2, 0) is 0 Å². The number of hydrogen-bond donors (Lipinski definition) is 8. The predicted octanol–water partition coefficient (Wildman–Crippen LogP) is 2.00. The normalized spacial score (nSPS) is 53.6. The quantitative estimate of drug-likeness (QED) is 0.182. The van der Waals surface area contributed by atoms with Gasteiger partial charge in [0.25, 0.3) is 0 Å². The first kappa shape index (κ1) is 33.7. The summed E-state index contributed by atoms with van der Waals surface area (Å²) >= 11 is 0. The zero-order chi connectivity index (χ0) is 26.2. The summed E-state index contributed by atoms with van der Waals surface area (Å²) in [6, 6.07) is 0. The van der Waals surface area contributed by atoms with Gasteiger partial charge in [0.15, 0.2) is 0 Å². The molecule has 5 aliphatic heterocycles. The second kappa shape index (κ2) is 14.1. The number of rotatable bonds is 0. The Morgan fingerprint density at radius 2 is 0.349 bits per heavy atom. The van der Waals surface area contributed by atoms with Gasteiger partial charge in [-0.1, -0.05) is 51.4 Å². The van der Waals surface area contributed by atoms with Crippen molar-refractivity contribution < 1.29 is 0 Å². The Hall–Kier alpha value is 0.803. The van der Waals surface area contributed by atoms with Gasteiger partial charge in [-0.2, -0.15) is 0 Å². The van der Waals surface area contributed by atoms with E-state index in [1.165, 1.54) is 103 Å². The fourth-order valence-corrected chi connectivity index (χ4v) is 12.0. The van der Waals surface area contributed by atoms with E-state index in [-0.39, 0.29) is 42.4 Å². The van der Waals surface area contributed by atoms with Gasteiger partial charge in [-0.25, -0.2) is 0 Å². The molecule has 0 aromatic carbocycles. The third-order valence-electron chi connectivity index (χ3n) is 13.8. The van der Waals surface area contributed by atoms with E-state index >= 15 is 0 Å². The third-order valence-corrected chi connectivity index (χ3v) is 13.8. The molecule has 5 heterocycles. The molecule has 8 N–H and O–H groups in total. The van der Waals surface area contributed by atoms with Crippen LogP contribution in [-0.4, -0.2) is 66.9 Å². The van der Waals surface area contributed by atoms with E-state index < -0.39 is 0 Å². The summed E-state index contributed by atoms with van der Waals surface area (Å²) in [6.45, 7) is 0. The Bertz CT molecular complexity index is 728. The topological polar surface area (TPSA) is 96.2 Å². The molecule has 8 nitrogen and oxygen atoms in total. The Kier molecular flexibility index (Phi) is 11.1. The summed E-state index contributed by atoms with van der Waals surface area (Å²) in [5, 5.41) is 33.8. The monoisotopic (exact) mass is 702 g/mol. The van der Waals surface area contributed by atoms with Crippen LogP contribution >= 0.6 is 24.8 Å². The van der Waals surface area contributed by atoms with Crippen molar-refractivity contribution in [3.63, 3.8) is 0 Å². The van der Waals surface area contributed by atoms with Crippen molar-refractivity contribution in [1.29, 1.82) is 0 Å². The number of nitrogens with one attached hydrogen (secondary N) is 8. The van der Waals surface area contributed by atoms with Gasteiger partial charge in [-0.05, 0) is 98.7 Å².